The van der Waals surface area contributed by atoms with Gasteiger partial charge in [0.05, 0.1) is 18.3 Å². The molecule has 0 fully saturated rings. The minimum atomic E-state index is -0.372. The van der Waals surface area contributed by atoms with E-state index in [4.69, 9.17) is 4.42 Å². The van der Waals surface area contributed by atoms with Gasteiger partial charge in [-0.3, -0.25) is 4.98 Å². The summed E-state index contributed by atoms with van der Waals surface area (Å²) >= 11 is 0. The van der Waals surface area contributed by atoms with Gasteiger partial charge in [0, 0.05) is 6.20 Å². The molecule has 0 unspecified atom stereocenters. The number of hydrogen-bond donors (Lipinski definition) is 1. The van der Waals surface area contributed by atoms with Gasteiger partial charge >= 0.3 is 0 Å². The zero-order chi connectivity index (χ0) is 10.7. The van der Waals surface area contributed by atoms with E-state index in [1.165, 1.54) is 6.20 Å². The van der Waals surface area contributed by atoms with Crippen LogP contribution in [0.15, 0.2) is 35.0 Å². The Kier molecular flexibility index (Phi) is 2.78. The zero-order valence-corrected chi connectivity index (χ0v) is 8.33. The Bertz CT molecular complexity index is 453. The molecule has 0 amide bonds. The van der Waals surface area contributed by atoms with E-state index in [0.717, 1.165) is 5.76 Å². The summed E-state index contributed by atoms with van der Waals surface area (Å²) in [7, 11) is 1.83. The predicted molar refractivity (Wildman–Crippen MR) is 54.7 cm³/mol. The molecule has 2 aromatic heterocycles. The van der Waals surface area contributed by atoms with Gasteiger partial charge in [0.2, 0.25) is 0 Å². The number of halogens is 1. The summed E-state index contributed by atoms with van der Waals surface area (Å²) in [6.45, 7) is 0.632. The maximum absolute atomic E-state index is 13.3. The monoisotopic (exact) mass is 206 g/mol. The van der Waals surface area contributed by atoms with Gasteiger partial charge < -0.3 is 9.73 Å². The summed E-state index contributed by atoms with van der Waals surface area (Å²) < 4.78 is 18.8. The van der Waals surface area contributed by atoms with E-state index in [0.29, 0.717) is 17.9 Å². The van der Waals surface area contributed by atoms with Crippen molar-refractivity contribution in [3.8, 4) is 11.3 Å². The van der Waals surface area contributed by atoms with Crippen molar-refractivity contribution < 1.29 is 8.81 Å². The van der Waals surface area contributed by atoms with Crippen molar-refractivity contribution in [1.29, 1.82) is 0 Å². The molecule has 0 aliphatic carbocycles. The van der Waals surface area contributed by atoms with Crippen molar-refractivity contribution >= 4 is 0 Å². The number of nitrogens with zero attached hydrogens (tertiary/aromatic N) is 1. The molecule has 15 heavy (non-hydrogen) atoms. The van der Waals surface area contributed by atoms with Crippen molar-refractivity contribution in [2.45, 2.75) is 6.54 Å². The molecule has 0 aromatic carbocycles. The normalized spacial score (nSPS) is 10.5. The summed E-state index contributed by atoms with van der Waals surface area (Å²) in [5.41, 5.74) is 0.437. The molecule has 3 nitrogen and oxygen atoms in total. The van der Waals surface area contributed by atoms with E-state index >= 15 is 0 Å². The lowest BCUT2D eigenvalue weighted by molar-refractivity contribution is 0.502. The Morgan fingerprint density at radius 2 is 2.27 bits per heavy atom. The number of hydrogen-bond acceptors (Lipinski definition) is 3. The van der Waals surface area contributed by atoms with Gasteiger partial charge in [0.25, 0.3) is 0 Å². The van der Waals surface area contributed by atoms with Crippen molar-refractivity contribution in [2.75, 3.05) is 7.05 Å². The molecule has 78 valence electrons. The van der Waals surface area contributed by atoms with E-state index < -0.39 is 0 Å². The van der Waals surface area contributed by atoms with Gasteiger partial charge in [-0.1, -0.05) is 0 Å². The van der Waals surface area contributed by atoms with Gasteiger partial charge in [0.1, 0.15) is 11.5 Å². The van der Waals surface area contributed by atoms with Crippen molar-refractivity contribution in [3.63, 3.8) is 0 Å². The second-order valence-corrected chi connectivity index (χ2v) is 3.15. The minimum Gasteiger partial charge on any atom is -0.460 e. The smallest absolute Gasteiger partial charge is 0.152 e. The Morgan fingerprint density at radius 1 is 1.40 bits per heavy atom. The van der Waals surface area contributed by atoms with E-state index in [2.05, 4.69) is 10.3 Å². The summed E-state index contributed by atoms with van der Waals surface area (Å²) in [6, 6.07) is 5.17. The van der Waals surface area contributed by atoms with Crippen LogP contribution in [0.2, 0.25) is 0 Å². The molecule has 0 atom stereocenters. The number of furan rings is 1. The van der Waals surface area contributed by atoms with Gasteiger partial charge in [-0.15, -0.1) is 0 Å². The SMILES string of the molecule is CNCc1ccc(-c2ccncc2F)o1. The molecule has 0 aliphatic heterocycles. The van der Waals surface area contributed by atoms with Crippen LogP contribution >= 0.6 is 0 Å². The maximum atomic E-state index is 13.3. The van der Waals surface area contributed by atoms with Crippen molar-refractivity contribution in [2.24, 2.45) is 0 Å². The van der Waals surface area contributed by atoms with E-state index in [9.17, 15) is 4.39 Å². The standard InChI is InChI=1S/C11H11FN2O/c1-13-6-8-2-3-11(15-8)9-4-5-14-7-10(9)12/h2-5,7,13H,6H2,1H3. The Morgan fingerprint density at radius 3 is 3.00 bits per heavy atom. The van der Waals surface area contributed by atoms with Gasteiger partial charge in [0.15, 0.2) is 5.82 Å². The Hall–Kier alpha value is -1.68. The van der Waals surface area contributed by atoms with Crippen LogP contribution in [0.4, 0.5) is 4.39 Å². The van der Waals surface area contributed by atoms with Crippen LogP contribution in [0.3, 0.4) is 0 Å². The summed E-state index contributed by atoms with van der Waals surface area (Å²) in [4.78, 5) is 3.68. The predicted octanol–water partition coefficient (Wildman–Crippen LogP) is 2.20. The molecule has 0 bridgehead atoms. The third-order valence-corrected chi connectivity index (χ3v) is 2.05. The molecule has 0 radical (unpaired) electrons. The first-order valence-electron chi connectivity index (χ1n) is 4.64. The lowest BCUT2D eigenvalue weighted by Crippen LogP contribution is -2.03. The second kappa shape index (κ2) is 4.23. The summed E-state index contributed by atoms with van der Waals surface area (Å²) in [5, 5.41) is 2.96. The molecule has 0 spiro atoms. The molecule has 2 aromatic rings. The van der Waals surface area contributed by atoms with Gasteiger partial charge in [-0.05, 0) is 25.2 Å². The number of nitrogens with one attached hydrogen (secondary N) is 1. The first kappa shape index (κ1) is 9.86. The van der Waals surface area contributed by atoms with Crippen LogP contribution in [0.25, 0.3) is 11.3 Å². The van der Waals surface area contributed by atoms with E-state index in [-0.39, 0.29) is 5.82 Å². The van der Waals surface area contributed by atoms with Crippen molar-refractivity contribution in [1.82, 2.24) is 10.3 Å². The van der Waals surface area contributed by atoms with E-state index in [1.54, 1.807) is 18.3 Å². The molecule has 1 N–H and O–H groups in total. The Labute approximate surface area is 86.9 Å². The lowest BCUT2D eigenvalue weighted by Gasteiger charge is -1.98. The second-order valence-electron chi connectivity index (χ2n) is 3.15. The molecule has 4 heteroatoms. The van der Waals surface area contributed by atoms with Crippen LogP contribution in [-0.2, 0) is 6.54 Å². The van der Waals surface area contributed by atoms with Crippen LogP contribution < -0.4 is 5.32 Å². The highest BCUT2D eigenvalue weighted by atomic mass is 19.1. The fourth-order valence-electron chi connectivity index (χ4n) is 1.37. The third-order valence-electron chi connectivity index (χ3n) is 2.05. The maximum Gasteiger partial charge on any atom is 0.152 e. The lowest BCUT2D eigenvalue weighted by atomic mass is 10.2. The highest BCUT2D eigenvalue weighted by Crippen LogP contribution is 2.23. The quantitative estimate of drug-likeness (QED) is 0.836. The molecule has 0 aliphatic rings. The van der Waals surface area contributed by atoms with Crippen LogP contribution in [0.5, 0.6) is 0 Å². The van der Waals surface area contributed by atoms with E-state index in [1.807, 2.05) is 13.1 Å². The van der Waals surface area contributed by atoms with Crippen LogP contribution in [0.1, 0.15) is 5.76 Å². The average molecular weight is 206 g/mol. The topological polar surface area (TPSA) is 38.1 Å². The highest BCUT2D eigenvalue weighted by Gasteiger charge is 2.08. The number of aromatic nitrogens is 1. The fourth-order valence-corrected chi connectivity index (χ4v) is 1.37. The number of pyridine rings is 1. The first-order chi connectivity index (χ1) is 7.31. The molecule has 0 saturated heterocycles. The van der Waals surface area contributed by atoms with Crippen LogP contribution in [-0.4, -0.2) is 12.0 Å². The number of rotatable bonds is 3. The average Bonchev–Trinajstić information content (AvgIpc) is 2.68. The van der Waals surface area contributed by atoms with Crippen molar-refractivity contribution in [3.05, 3.63) is 42.2 Å². The minimum absolute atomic E-state index is 0.372. The molecule has 0 saturated carbocycles. The molecule has 2 rings (SSSR count). The highest BCUT2D eigenvalue weighted by molar-refractivity contribution is 5.57. The third kappa shape index (κ3) is 2.05. The molecule has 2 heterocycles. The van der Waals surface area contributed by atoms with Crippen LogP contribution in [0, 0.1) is 5.82 Å². The molecular weight excluding hydrogens is 195 g/mol. The van der Waals surface area contributed by atoms with Gasteiger partial charge in [-0.2, -0.15) is 0 Å². The largest absolute Gasteiger partial charge is 0.460 e. The summed E-state index contributed by atoms with van der Waals surface area (Å²) in [5.74, 6) is 0.937. The zero-order valence-electron chi connectivity index (χ0n) is 8.33. The molecular formula is C11H11FN2O. The summed E-state index contributed by atoms with van der Waals surface area (Å²) in [6.07, 6.45) is 2.72. The Balaban J connectivity index is 2.33. The fraction of sp³-hybridized carbons (Fsp3) is 0.182. The van der Waals surface area contributed by atoms with Gasteiger partial charge in [-0.25, -0.2) is 4.39 Å². The first-order valence-corrected chi connectivity index (χ1v) is 4.64.